The third-order valence-electron chi connectivity index (χ3n) is 3.60. The average Bonchev–Trinajstić information content (AvgIpc) is 3.24. The maximum absolute atomic E-state index is 12.0. The van der Waals surface area contributed by atoms with Crippen LogP contribution < -0.4 is 5.32 Å². The van der Waals surface area contributed by atoms with Gasteiger partial charge in [-0.25, -0.2) is 9.67 Å². The summed E-state index contributed by atoms with van der Waals surface area (Å²) in [7, 11) is 0. The highest BCUT2D eigenvalue weighted by Gasteiger charge is 2.13. The molecule has 0 fully saturated rings. The lowest BCUT2D eigenvalue weighted by Crippen LogP contribution is -2.23. The molecule has 0 bridgehead atoms. The van der Waals surface area contributed by atoms with Crippen LogP contribution in [0.5, 0.6) is 0 Å². The second-order valence-electron chi connectivity index (χ2n) is 5.43. The maximum atomic E-state index is 12.0. The van der Waals surface area contributed by atoms with Crippen LogP contribution in [0.4, 0.5) is 5.13 Å². The number of hydrogen-bond donors (Lipinski definition) is 1. The number of ether oxygens (including phenoxy) is 1. The largest absolute Gasteiger partial charge is 0.454 e. The van der Waals surface area contributed by atoms with Crippen molar-refractivity contribution in [3.63, 3.8) is 0 Å². The van der Waals surface area contributed by atoms with Crippen molar-refractivity contribution in [1.29, 1.82) is 0 Å². The van der Waals surface area contributed by atoms with Crippen LogP contribution in [0, 0.1) is 0 Å². The van der Waals surface area contributed by atoms with Gasteiger partial charge in [0.25, 0.3) is 5.91 Å². The van der Waals surface area contributed by atoms with Gasteiger partial charge in [-0.1, -0.05) is 40.8 Å². The first-order valence-electron chi connectivity index (χ1n) is 7.78. The second kappa shape index (κ2) is 6.89. The number of thiazole rings is 1. The molecule has 130 valence electrons. The number of amides is 1. The Labute approximate surface area is 151 Å². The minimum atomic E-state index is -0.569. The minimum Gasteiger partial charge on any atom is -0.454 e. The van der Waals surface area contributed by atoms with Crippen LogP contribution in [0.25, 0.3) is 21.3 Å². The van der Waals surface area contributed by atoms with Gasteiger partial charge in [0.05, 0.1) is 15.7 Å². The third-order valence-corrected chi connectivity index (χ3v) is 4.56. The first-order chi connectivity index (χ1) is 12.7. The SMILES string of the molecule is O=C(COC(=O)Cn1nnc2ccccc21)Nc1nc2ccccc2s1. The number of para-hydroxylation sites is 2. The number of nitrogens with one attached hydrogen (secondary N) is 1. The van der Waals surface area contributed by atoms with Gasteiger partial charge in [0, 0.05) is 0 Å². The van der Waals surface area contributed by atoms with E-state index in [4.69, 9.17) is 4.74 Å². The molecule has 26 heavy (non-hydrogen) atoms. The fourth-order valence-electron chi connectivity index (χ4n) is 2.43. The number of esters is 1. The molecule has 0 saturated carbocycles. The number of carbonyl (C=O) groups excluding carboxylic acids is 2. The Kier molecular flexibility index (Phi) is 4.28. The topological polar surface area (TPSA) is 99.0 Å². The van der Waals surface area contributed by atoms with Crippen LogP contribution >= 0.6 is 11.3 Å². The zero-order valence-electron chi connectivity index (χ0n) is 13.5. The summed E-state index contributed by atoms with van der Waals surface area (Å²) < 4.78 is 7.41. The van der Waals surface area contributed by atoms with Gasteiger partial charge in [0.1, 0.15) is 12.1 Å². The van der Waals surface area contributed by atoms with E-state index >= 15 is 0 Å². The van der Waals surface area contributed by atoms with Gasteiger partial charge in [-0.05, 0) is 24.3 Å². The van der Waals surface area contributed by atoms with Gasteiger partial charge in [-0.15, -0.1) is 5.10 Å². The van der Waals surface area contributed by atoms with E-state index in [2.05, 4.69) is 20.6 Å². The summed E-state index contributed by atoms with van der Waals surface area (Å²) in [5, 5.41) is 11.0. The molecule has 0 spiro atoms. The molecule has 4 rings (SSSR count). The molecule has 0 unspecified atom stereocenters. The van der Waals surface area contributed by atoms with Crippen LogP contribution in [0.1, 0.15) is 0 Å². The molecule has 2 aromatic heterocycles. The van der Waals surface area contributed by atoms with E-state index in [1.165, 1.54) is 16.0 Å². The summed E-state index contributed by atoms with van der Waals surface area (Å²) >= 11 is 1.36. The van der Waals surface area contributed by atoms with Crippen molar-refractivity contribution in [1.82, 2.24) is 20.0 Å². The van der Waals surface area contributed by atoms with Crippen molar-refractivity contribution in [3.8, 4) is 0 Å². The van der Waals surface area contributed by atoms with Crippen LogP contribution in [0.2, 0.25) is 0 Å². The van der Waals surface area contributed by atoms with Crippen LogP contribution in [-0.4, -0.2) is 38.5 Å². The van der Waals surface area contributed by atoms with Crippen molar-refractivity contribution < 1.29 is 14.3 Å². The molecule has 1 N–H and O–H groups in total. The quantitative estimate of drug-likeness (QED) is 0.543. The molecule has 0 saturated heterocycles. The van der Waals surface area contributed by atoms with Gasteiger partial charge < -0.3 is 4.74 Å². The lowest BCUT2D eigenvalue weighted by atomic mass is 10.3. The molecule has 0 aliphatic carbocycles. The van der Waals surface area contributed by atoms with Gasteiger partial charge in [-0.3, -0.25) is 14.9 Å². The van der Waals surface area contributed by atoms with Crippen LogP contribution in [0.15, 0.2) is 48.5 Å². The second-order valence-corrected chi connectivity index (χ2v) is 6.46. The van der Waals surface area contributed by atoms with E-state index in [1.54, 1.807) is 6.07 Å². The van der Waals surface area contributed by atoms with E-state index in [0.717, 1.165) is 15.7 Å². The number of rotatable bonds is 5. The summed E-state index contributed by atoms with van der Waals surface area (Å²) in [5.41, 5.74) is 2.22. The fraction of sp³-hybridized carbons (Fsp3) is 0.118. The molecular weight excluding hydrogens is 354 g/mol. The third kappa shape index (κ3) is 3.38. The molecule has 0 aliphatic rings. The molecule has 0 aliphatic heterocycles. The predicted octanol–water partition coefficient (Wildman–Crippen LogP) is 2.22. The van der Waals surface area contributed by atoms with E-state index in [-0.39, 0.29) is 13.2 Å². The zero-order chi connectivity index (χ0) is 17.9. The van der Waals surface area contributed by atoms with E-state index in [9.17, 15) is 9.59 Å². The lowest BCUT2D eigenvalue weighted by molar-refractivity contribution is -0.148. The van der Waals surface area contributed by atoms with Crippen LogP contribution in [0.3, 0.4) is 0 Å². The fourth-order valence-corrected chi connectivity index (χ4v) is 3.31. The molecule has 2 aromatic carbocycles. The number of hydrogen-bond acceptors (Lipinski definition) is 7. The Morgan fingerprint density at radius 1 is 1.08 bits per heavy atom. The van der Waals surface area contributed by atoms with Gasteiger partial charge in [0.15, 0.2) is 11.7 Å². The summed E-state index contributed by atoms with van der Waals surface area (Å²) in [4.78, 5) is 28.2. The Hall–Kier alpha value is -3.33. The number of nitrogens with zero attached hydrogens (tertiary/aromatic N) is 4. The molecule has 4 aromatic rings. The molecular formula is C17H13N5O3S. The van der Waals surface area contributed by atoms with Crippen molar-refractivity contribution in [3.05, 3.63) is 48.5 Å². The summed E-state index contributed by atoms with van der Waals surface area (Å²) in [6.07, 6.45) is 0. The highest BCUT2D eigenvalue weighted by atomic mass is 32.1. The van der Waals surface area contributed by atoms with E-state index in [1.807, 2.05) is 42.5 Å². The number of aromatic nitrogens is 4. The number of anilines is 1. The lowest BCUT2D eigenvalue weighted by Gasteiger charge is -2.05. The molecule has 0 radical (unpaired) electrons. The molecule has 0 atom stereocenters. The molecule has 9 heteroatoms. The highest BCUT2D eigenvalue weighted by Crippen LogP contribution is 2.25. The first-order valence-corrected chi connectivity index (χ1v) is 8.60. The summed E-state index contributed by atoms with van der Waals surface area (Å²) in [6.45, 7) is -0.504. The monoisotopic (exact) mass is 367 g/mol. The molecule has 2 heterocycles. The molecule has 8 nitrogen and oxygen atoms in total. The van der Waals surface area contributed by atoms with Gasteiger partial charge in [0.2, 0.25) is 0 Å². The normalized spacial score (nSPS) is 10.9. The maximum Gasteiger partial charge on any atom is 0.328 e. The predicted molar refractivity (Wildman–Crippen MR) is 96.7 cm³/mol. The highest BCUT2D eigenvalue weighted by molar-refractivity contribution is 7.22. The first kappa shape index (κ1) is 16.2. The average molecular weight is 367 g/mol. The van der Waals surface area contributed by atoms with Crippen LogP contribution in [-0.2, 0) is 20.9 Å². The molecule has 1 amide bonds. The number of fused-ring (bicyclic) bond motifs is 2. The van der Waals surface area contributed by atoms with Gasteiger partial charge in [-0.2, -0.15) is 0 Å². The Morgan fingerprint density at radius 2 is 1.85 bits per heavy atom. The number of benzene rings is 2. The minimum absolute atomic E-state index is 0.116. The van der Waals surface area contributed by atoms with Crippen molar-refractivity contribution in [2.45, 2.75) is 6.54 Å². The Bertz CT molecular complexity index is 1070. The standard InChI is InChI=1S/C17H13N5O3S/c23-15(19-17-18-12-6-2-4-8-14(12)26-17)10-25-16(24)9-22-13-7-3-1-5-11(13)20-21-22/h1-8H,9-10H2,(H,18,19,23). The number of carbonyl (C=O) groups is 2. The van der Waals surface area contributed by atoms with Crippen molar-refractivity contribution >= 4 is 49.6 Å². The van der Waals surface area contributed by atoms with Gasteiger partial charge >= 0.3 is 5.97 Å². The van der Waals surface area contributed by atoms with E-state index < -0.39 is 11.9 Å². The summed E-state index contributed by atoms with van der Waals surface area (Å²) in [5.74, 6) is -1.01. The zero-order valence-corrected chi connectivity index (χ0v) is 14.3. The van der Waals surface area contributed by atoms with Crippen molar-refractivity contribution in [2.75, 3.05) is 11.9 Å². The Morgan fingerprint density at radius 3 is 2.69 bits per heavy atom. The van der Waals surface area contributed by atoms with Crippen molar-refractivity contribution in [2.24, 2.45) is 0 Å². The smallest absolute Gasteiger partial charge is 0.328 e. The Balaban J connectivity index is 1.33. The van der Waals surface area contributed by atoms with E-state index in [0.29, 0.717) is 10.6 Å². The summed E-state index contributed by atoms with van der Waals surface area (Å²) in [6, 6.07) is 14.9.